The van der Waals surface area contributed by atoms with Crippen LogP contribution in [-0.2, 0) is 14.8 Å². The van der Waals surface area contributed by atoms with Crippen LogP contribution in [0.2, 0.25) is 0 Å². The van der Waals surface area contributed by atoms with E-state index in [1.165, 1.54) is 10.4 Å². The van der Waals surface area contributed by atoms with Gasteiger partial charge in [-0.1, -0.05) is 24.6 Å². The maximum atomic E-state index is 12.8. The van der Waals surface area contributed by atoms with Crippen LogP contribution in [0.25, 0.3) is 0 Å². The smallest absolute Gasteiger partial charge is 0.269 e. The molecule has 1 saturated heterocycles. The second-order valence-electron chi connectivity index (χ2n) is 6.85. The van der Waals surface area contributed by atoms with Gasteiger partial charge in [-0.3, -0.25) is 4.79 Å². The van der Waals surface area contributed by atoms with Gasteiger partial charge in [-0.25, -0.2) is 8.42 Å². The minimum Gasteiger partial charge on any atom is -0.485 e. The molecule has 8 heteroatoms. The van der Waals surface area contributed by atoms with E-state index in [0.29, 0.717) is 30.3 Å². The zero-order chi connectivity index (χ0) is 19.6. The quantitative estimate of drug-likeness (QED) is 0.850. The Balaban J connectivity index is 1.47. The molecule has 7 nitrogen and oxygen atoms in total. The molecule has 148 valence electrons. The third kappa shape index (κ3) is 3.83. The number of benzene rings is 2. The normalized spacial score (nSPS) is 19.8. The summed E-state index contributed by atoms with van der Waals surface area (Å²) in [6, 6.07) is 13.5. The summed E-state index contributed by atoms with van der Waals surface area (Å²) in [5.74, 6) is 0.721. The summed E-state index contributed by atoms with van der Waals surface area (Å²) in [6.45, 7) is 1.16. The number of nitrogens with one attached hydrogen (secondary N) is 1. The van der Waals surface area contributed by atoms with Gasteiger partial charge in [0, 0.05) is 18.8 Å². The van der Waals surface area contributed by atoms with Crippen LogP contribution in [0.4, 0.5) is 5.69 Å². The third-order valence-corrected chi connectivity index (χ3v) is 6.75. The van der Waals surface area contributed by atoms with Crippen molar-refractivity contribution >= 4 is 21.6 Å². The number of para-hydroxylation sites is 2. The fourth-order valence-electron chi connectivity index (χ4n) is 3.36. The molecule has 0 bridgehead atoms. The molecule has 0 spiro atoms. The molecule has 2 aliphatic rings. The maximum absolute atomic E-state index is 12.8. The average Bonchev–Trinajstić information content (AvgIpc) is 2.74. The van der Waals surface area contributed by atoms with Crippen LogP contribution in [-0.4, -0.2) is 44.4 Å². The standard InChI is InChI=1S/C20H22N2O5S/c23-20(19-14-26-17-9-2-3-10-18(17)27-19)21-15-7-6-8-16(13-15)28(24,25)22-11-4-1-5-12-22/h2-3,6-10,13,19H,1,4-5,11-12,14H2,(H,21,23)/t19-/m1/s1. The Labute approximate surface area is 164 Å². The predicted octanol–water partition coefficient (Wildman–Crippen LogP) is 2.64. The Morgan fingerprint density at radius 2 is 1.75 bits per heavy atom. The van der Waals surface area contributed by atoms with Gasteiger partial charge in [0.1, 0.15) is 6.61 Å². The Morgan fingerprint density at radius 1 is 1.00 bits per heavy atom. The zero-order valence-electron chi connectivity index (χ0n) is 15.3. The molecule has 28 heavy (non-hydrogen) atoms. The highest BCUT2D eigenvalue weighted by Crippen LogP contribution is 2.31. The number of carbonyl (C=O) groups is 1. The molecule has 0 unspecified atom stereocenters. The molecule has 1 atom stereocenters. The third-order valence-electron chi connectivity index (χ3n) is 4.86. The summed E-state index contributed by atoms with van der Waals surface area (Å²) in [5.41, 5.74) is 0.408. The highest BCUT2D eigenvalue weighted by Gasteiger charge is 2.29. The van der Waals surface area contributed by atoms with Crippen molar-refractivity contribution in [2.24, 2.45) is 0 Å². The number of nitrogens with zero attached hydrogens (tertiary/aromatic N) is 1. The summed E-state index contributed by atoms with van der Waals surface area (Å²) < 4.78 is 38.4. The van der Waals surface area contributed by atoms with Crippen molar-refractivity contribution in [1.82, 2.24) is 4.31 Å². The highest BCUT2D eigenvalue weighted by atomic mass is 32.2. The Morgan fingerprint density at radius 3 is 2.54 bits per heavy atom. The number of hydrogen-bond donors (Lipinski definition) is 1. The van der Waals surface area contributed by atoms with E-state index in [1.54, 1.807) is 36.4 Å². The largest absolute Gasteiger partial charge is 0.485 e. The van der Waals surface area contributed by atoms with E-state index in [-0.39, 0.29) is 17.4 Å². The Bertz CT molecular complexity index is 970. The van der Waals surface area contributed by atoms with Crippen molar-refractivity contribution < 1.29 is 22.7 Å². The van der Waals surface area contributed by atoms with Crippen LogP contribution in [0.15, 0.2) is 53.4 Å². The highest BCUT2D eigenvalue weighted by molar-refractivity contribution is 7.89. The van der Waals surface area contributed by atoms with Crippen LogP contribution in [0.1, 0.15) is 19.3 Å². The van der Waals surface area contributed by atoms with Crippen LogP contribution < -0.4 is 14.8 Å². The lowest BCUT2D eigenvalue weighted by Gasteiger charge is -2.26. The first-order valence-electron chi connectivity index (χ1n) is 9.33. The number of sulfonamides is 1. The molecule has 0 aromatic heterocycles. The number of rotatable bonds is 4. The summed E-state index contributed by atoms with van der Waals surface area (Å²) in [4.78, 5) is 12.7. The number of ether oxygens (including phenoxy) is 2. The molecule has 0 saturated carbocycles. The molecule has 2 aromatic carbocycles. The number of hydrogen-bond acceptors (Lipinski definition) is 5. The molecule has 1 N–H and O–H groups in total. The lowest BCUT2D eigenvalue weighted by Crippen LogP contribution is -2.40. The van der Waals surface area contributed by atoms with E-state index in [0.717, 1.165) is 19.3 Å². The average molecular weight is 402 g/mol. The van der Waals surface area contributed by atoms with E-state index in [2.05, 4.69) is 5.32 Å². The summed E-state index contributed by atoms with van der Waals surface area (Å²) >= 11 is 0. The van der Waals surface area contributed by atoms with Crippen LogP contribution in [0.5, 0.6) is 11.5 Å². The monoisotopic (exact) mass is 402 g/mol. The summed E-state index contributed by atoms with van der Waals surface area (Å²) in [6.07, 6.45) is 1.98. The van der Waals surface area contributed by atoms with Gasteiger partial charge < -0.3 is 14.8 Å². The van der Waals surface area contributed by atoms with Gasteiger partial charge in [0.25, 0.3) is 5.91 Å². The van der Waals surface area contributed by atoms with Gasteiger partial charge in [-0.2, -0.15) is 4.31 Å². The van der Waals surface area contributed by atoms with E-state index in [1.807, 2.05) is 6.07 Å². The molecule has 2 aromatic rings. The number of carbonyl (C=O) groups excluding carboxylic acids is 1. The van der Waals surface area contributed by atoms with Crippen molar-refractivity contribution in [3.63, 3.8) is 0 Å². The Hall–Kier alpha value is -2.58. The fraction of sp³-hybridized carbons (Fsp3) is 0.350. The molecule has 1 amide bonds. The van der Waals surface area contributed by atoms with Gasteiger partial charge >= 0.3 is 0 Å². The van der Waals surface area contributed by atoms with Crippen LogP contribution in [0.3, 0.4) is 0 Å². The molecule has 2 aliphatic heterocycles. The summed E-state index contributed by atoms with van der Waals surface area (Å²) in [7, 11) is -3.56. The Kier molecular flexibility index (Phi) is 5.23. The van der Waals surface area contributed by atoms with Gasteiger partial charge in [0.05, 0.1) is 4.90 Å². The van der Waals surface area contributed by atoms with Crippen molar-refractivity contribution in [2.45, 2.75) is 30.3 Å². The molecular weight excluding hydrogens is 380 g/mol. The van der Waals surface area contributed by atoms with Gasteiger partial charge in [0.15, 0.2) is 11.5 Å². The van der Waals surface area contributed by atoms with E-state index in [9.17, 15) is 13.2 Å². The molecule has 1 fully saturated rings. The van der Waals surface area contributed by atoms with E-state index in [4.69, 9.17) is 9.47 Å². The van der Waals surface area contributed by atoms with Crippen molar-refractivity contribution in [3.8, 4) is 11.5 Å². The minimum absolute atomic E-state index is 0.0919. The second-order valence-corrected chi connectivity index (χ2v) is 8.78. The number of piperidine rings is 1. The van der Waals surface area contributed by atoms with Crippen molar-refractivity contribution in [3.05, 3.63) is 48.5 Å². The lowest BCUT2D eigenvalue weighted by molar-refractivity contribution is -0.125. The summed E-state index contributed by atoms with van der Waals surface area (Å²) in [5, 5.41) is 2.73. The molecule has 2 heterocycles. The first kappa shape index (κ1) is 18.8. The molecule has 4 rings (SSSR count). The molecule has 0 radical (unpaired) electrons. The predicted molar refractivity (Wildman–Crippen MR) is 104 cm³/mol. The minimum atomic E-state index is -3.56. The number of fused-ring (bicyclic) bond motifs is 1. The molecule has 0 aliphatic carbocycles. The maximum Gasteiger partial charge on any atom is 0.269 e. The first-order chi connectivity index (χ1) is 13.5. The van der Waals surface area contributed by atoms with Crippen LogP contribution >= 0.6 is 0 Å². The SMILES string of the molecule is O=C(Nc1cccc(S(=O)(=O)N2CCCCC2)c1)[C@H]1COc2ccccc2O1. The van der Waals surface area contributed by atoms with Gasteiger partial charge in [0.2, 0.25) is 16.1 Å². The van der Waals surface area contributed by atoms with Crippen molar-refractivity contribution in [2.75, 3.05) is 25.0 Å². The molecular formula is C20H22N2O5S. The number of amides is 1. The fourth-order valence-corrected chi connectivity index (χ4v) is 4.92. The second kappa shape index (κ2) is 7.81. The van der Waals surface area contributed by atoms with Crippen LogP contribution in [0, 0.1) is 0 Å². The zero-order valence-corrected chi connectivity index (χ0v) is 16.2. The lowest BCUT2D eigenvalue weighted by atomic mass is 10.2. The topological polar surface area (TPSA) is 84.9 Å². The number of anilines is 1. The van der Waals surface area contributed by atoms with Gasteiger partial charge in [-0.05, 0) is 43.2 Å². The van der Waals surface area contributed by atoms with Gasteiger partial charge in [-0.15, -0.1) is 0 Å². The van der Waals surface area contributed by atoms with Crippen molar-refractivity contribution in [1.29, 1.82) is 0 Å². The first-order valence-corrected chi connectivity index (χ1v) is 10.8. The van der Waals surface area contributed by atoms with E-state index < -0.39 is 16.1 Å². The van der Waals surface area contributed by atoms with E-state index >= 15 is 0 Å².